The Morgan fingerprint density at radius 2 is 2.30 bits per heavy atom. The van der Waals surface area contributed by atoms with Crippen LogP contribution in [-0.2, 0) is 0 Å². The highest BCUT2D eigenvalue weighted by molar-refractivity contribution is 5.55. The summed E-state index contributed by atoms with van der Waals surface area (Å²) >= 11 is 0. The Morgan fingerprint density at radius 1 is 1.60 bits per heavy atom. The zero-order valence-electron chi connectivity index (χ0n) is 5.76. The summed E-state index contributed by atoms with van der Waals surface area (Å²) in [6, 6.07) is 4.73. The van der Waals surface area contributed by atoms with Crippen molar-refractivity contribution in [2.45, 2.75) is 6.92 Å². The zero-order valence-corrected chi connectivity index (χ0v) is 5.76. The van der Waals surface area contributed by atoms with Gasteiger partial charge in [0.2, 0.25) is 0 Å². The van der Waals surface area contributed by atoms with Crippen LogP contribution in [0.3, 0.4) is 0 Å². The van der Waals surface area contributed by atoms with Gasteiger partial charge < -0.3 is 4.42 Å². The Morgan fingerprint density at radius 3 is 2.70 bits per heavy atom. The molecule has 1 rings (SSSR count). The molecule has 0 unspecified atom stereocenters. The van der Waals surface area contributed by atoms with Gasteiger partial charge in [-0.2, -0.15) is 0 Å². The van der Waals surface area contributed by atoms with E-state index in [2.05, 4.69) is 6.58 Å². The minimum Gasteiger partial charge on any atom is -0.423 e. The standard InChI is InChI=1S/C8H8O2/c1-6(2)7-4-3-5-8(9)10-7/h3-5H,1H2,2H3. The van der Waals surface area contributed by atoms with Gasteiger partial charge in [0.1, 0.15) is 5.76 Å². The molecular formula is C8H8O2. The van der Waals surface area contributed by atoms with E-state index >= 15 is 0 Å². The van der Waals surface area contributed by atoms with Gasteiger partial charge in [-0.1, -0.05) is 12.6 Å². The summed E-state index contributed by atoms with van der Waals surface area (Å²) in [5.41, 5.74) is 0.429. The molecule has 0 atom stereocenters. The quantitative estimate of drug-likeness (QED) is 0.587. The summed E-state index contributed by atoms with van der Waals surface area (Å²) < 4.78 is 4.78. The van der Waals surface area contributed by atoms with Gasteiger partial charge in [0.25, 0.3) is 0 Å². The van der Waals surface area contributed by atoms with Crippen molar-refractivity contribution >= 4 is 5.57 Å². The SMILES string of the molecule is C=C(C)c1cccc(=O)o1. The van der Waals surface area contributed by atoms with Crippen LogP contribution >= 0.6 is 0 Å². The van der Waals surface area contributed by atoms with E-state index in [-0.39, 0.29) is 5.63 Å². The Kier molecular flexibility index (Phi) is 1.71. The van der Waals surface area contributed by atoms with Crippen LogP contribution in [0, 0.1) is 0 Å². The molecule has 0 saturated carbocycles. The first-order valence-electron chi connectivity index (χ1n) is 2.96. The summed E-state index contributed by atoms with van der Waals surface area (Å²) in [6.45, 7) is 5.42. The van der Waals surface area contributed by atoms with Crippen LogP contribution in [0.15, 0.2) is 34.0 Å². The van der Waals surface area contributed by atoms with Crippen LogP contribution in [0.2, 0.25) is 0 Å². The van der Waals surface area contributed by atoms with Crippen molar-refractivity contribution in [3.63, 3.8) is 0 Å². The predicted molar refractivity (Wildman–Crippen MR) is 39.7 cm³/mol. The highest BCUT2D eigenvalue weighted by atomic mass is 16.4. The van der Waals surface area contributed by atoms with E-state index in [1.54, 1.807) is 19.1 Å². The minimum absolute atomic E-state index is 0.333. The Hall–Kier alpha value is -1.31. The molecule has 52 valence electrons. The second-order valence-electron chi connectivity index (χ2n) is 2.09. The summed E-state index contributed by atoms with van der Waals surface area (Å²) in [7, 11) is 0. The monoisotopic (exact) mass is 136 g/mol. The lowest BCUT2D eigenvalue weighted by molar-refractivity contribution is 0.497. The first kappa shape index (κ1) is 6.81. The topological polar surface area (TPSA) is 30.2 Å². The van der Waals surface area contributed by atoms with Gasteiger partial charge in [0.05, 0.1) is 0 Å². The van der Waals surface area contributed by atoms with Gasteiger partial charge in [0, 0.05) is 6.07 Å². The van der Waals surface area contributed by atoms with Gasteiger partial charge >= 0.3 is 5.63 Å². The molecule has 0 N–H and O–H groups in total. The fourth-order valence-corrected chi connectivity index (χ4v) is 0.620. The number of hydrogen-bond donors (Lipinski definition) is 0. The molecule has 1 aromatic heterocycles. The number of rotatable bonds is 1. The highest BCUT2D eigenvalue weighted by Crippen LogP contribution is 2.06. The van der Waals surface area contributed by atoms with E-state index in [1.807, 2.05) is 0 Å². The minimum atomic E-state index is -0.333. The number of allylic oxidation sites excluding steroid dienone is 1. The Balaban J connectivity index is 3.20. The van der Waals surface area contributed by atoms with Crippen LogP contribution in [-0.4, -0.2) is 0 Å². The Bertz CT molecular complexity index is 296. The van der Waals surface area contributed by atoms with Gasteiger partial charge in [-0.25, -0.2) is 4.79 Å². The third-order valence-electron chi connectivity index (χ3n) is 1.11. The molecule has 10 heavy (non-hydrogen) atoms. The van der Waals surface area contributed by atoms with Crippen molar-refractivity contribution in [2.24, 2.45) is 0 Å². The van der Waals surface area contributed by atoms with Gasteiger partial charge in [-0.05, 0) is 18.6 Å². The summed E-state index contributed by atoms with van der Waals surface area (Å²) in [6.07, 6.45) is 0. The normalized spacial score (nSPS) is 9.30. The maximum absolute atomic E-state index is 10.6. The molecule has 0 saturated heterocycles. The van der Waals surface area contributed by atoms with E-state index < -0.39 is 0 Å². The molecule has 0 aromatic carbocycles. The van der Waals surface area contributed by atoms with E-state index in [4.69, 9.17) is 4.42 Å². The van der Waals surface area contributed by atoms with Gasteiger partial charge in [-0.15, -0.1) is 0 Å². The van der Waals surface area contributed by atoms with Crippen molar-refractivity contribution in [2.75, 3.05) is 0 Å². The second kappa shape index (κ2) is 2.52. The van der Waals surface area contributed by atoms with Crippen molar-refractivity contribution < 1.29 is 4.42 Å². The molecule has 0 aliphatic heterocycles. The predicted octanol–water partition coefficient (Wildman–Crippen LogP) is 1.67. The van der Waals surface area contributed by atoms with Crippen LogP contribution in [0.5, 0.6) is 0 Å². The zero-order chi connectivity index (χ0) is 7.56. The first-order valence-corrected chi connectivity index (χ1v) is 2.96. The molecule has 2 nitrogen and oxygen atoms in total. The summed E-state index contributed by atoms with van der Waals surface area (Å²) in [5, 5.41) is 0. The average molecular weight is 136 g/mol. The molecule has 0 fully saturated rings. The summed E-state index contributed by atoms with van der Waals surface area (Å²) in [4.78, 5) is 10.6. The Labute approximate surface area is 58.8 Å². The highest BCUT2D eigenvalue weighted by Gasteiger charge is 1.93. The van der Waals surface area contributed by atoms with Gasteiger partial charge in [-0.3, -0.25) is 0 Å². The molecule has 1 heterocycles. The van der Waals surface area contributed by atoms with Crippen LogP contribution in [0.25, 0.3) is 5.57 Å². The van der Waals surface area contributed by atoms with E-state index in [1.165, 1.54) is 6.07 Å². The molecule has 0 bridgehead atoms. The first-order chi connectivity index (χ1) is 4.70. The molecular weight excluding hydrogens is 128 g/mol. The van der Waals surface area contributed by atoms with Crippen molar-refractivity contribution in [1.29, 1.82) is 0 Å². The lowest BCUT2D eigenvalue weighted by Gasteiger charge is -1.93. The van der Waals surface area contributed by atoms with E-state index in [0.717, 1.165) is 5.57 Å². The smallest absolute Gasteiger partial charge is 0.336 e. The van der Waals surface area contributed by atoms with Crippen molar-refractivity contribution in [3.8, 4) is 0 Å². The molecule has 1 aromatic rings. The maximum atomic E-state index is 10.6. The van der Waals surface area contributed by atoms with Crippen LogP contribution < -0.4 is 5.63 Å². The fourth-order valence-electron chi connectivity index (χ4n) is 0.620. The molecule has 2 heteroatoms. The second-order valence-corrected chi connectivity index (χ2v) is 2.09. The molecule has 0 amide bonds. The molecule has 0 aliphatic carbocycles. The largest absolute Gasteiger partial charge is 0.423 e. The van der Waals surface area contributed by atoms with E-state index in [9.17, 15) is 4.79 Å². The maximum Gasteiger partial charge on any atom is 0.336 e. The third kappa shape index (κ3) is 1.35. The van der Waals surface area contributed by atoms with Crippen molar-refractivity contribution in [3.05, 3.63) is 41.0 Å². The molecule has 0 radical (unpaired) electrons. The molecule has 0 spiro atoms. The molecule has 0 aliphatic rings. The van der Waals surface area contributed by atoms with E-state index in [0.29, 0.717) is 5.76 Å². The van der Waals surface area contributed by atoms with Gasteiger partial charge in [0.15, 0.2) is 0 Å². The number of hydrogen-bond acceptors (Lipinski definition) is 2. The fraction of sp³-hybridized carbons (Fsp3) is 0.125. The van der Waals surface area contributed by atoms with Crippen LogP contribution in [0.4, 0.5) is 0 Å². The third-order valence-corrected chi connectivity index (χ3v) is 1.11. The summed E-state index contributed by atoms with van der Waals surface area (Å²) in [5.74, 6) is 0.549. The van der Waals surface area contributed by atoms with Crippen molar-refractivity contribution in [1.82, 2.24) is 0 Å². The lowest BCUT2D eigenvalue weighted by Crippen LogP contribution is -1.95. The van der Waals surface area contributed by atoms with Crippen LogP contribution in [0.1, 0.15) is 12.7 Å². The lowest BCUT2D eigenvalue weighted by atomic mass is 10.2. The average Bonchev–Trinajstić information content (AvgIpc) is 1.88.